The Labute approximate surface area is 139 Å². The number of aromatic amines is 1. The van der Waals surface area contributed by atoms with Crippen LogP contribution in [0.1, 0.15) is 35.4 Å². The Morgan fingerprint density at radius 2 is 2.04 bits per heavy atom. The SMILES string of the molecule is CC(=O)c1cccc(N2CC(c3nc4ccccc4[nH]3)CC2=O)c1. The minimum atomic E-state index is -0.00247. The lowest BCUT2D eigenvalue weighted by Gasteiger charge is -2.17. The van der Waals surface area contributed by atoms with Crippen molar-refractivity contribution in [1.29, 1.82) is 0 Å². The second kappa shape index (κ2) is 5.60. The van der Waals surface area contributed by atoms with Crippen molar-refractivity contribution in [2.24, 2.45) is 0 Å². The number of hydrogen-bond acceptors (Lipinski definition) is 3. The number of imidazole rings is 1. The van der Waals surface area contributed by atoms with Gasteiger partial charge < -0.3 is 9.88 Å². The van der Waals surface area contributed by atoms with Gasteiger partial charge in [-0.1, -0.05) is 24.3 Å². The second-order valence-electron chi connectivity index (χ2n) is 6.15. The molecule has 1 aromatic heterocycles. The van der Waals surface area contributed by atoms with Crippen LogP contribution in [0.3, 0.4) is 0 Å². The molecule has 1 unspecified atom stereocenters. The molecule has 0 radical (unpaired) electrons. The third-order valence-corrected chi connectivity index (χ3v) is 4.48. The maximum atomic E-state index is 12.5. The van der Waals surface area contributed by atoms with Gasteiger partial charge in [0.2, 0.25) is 5.91 Å². The summed E-state index contributed by atoms with van der Waals surface area (Å²) in [6.07, 6.45) is 0.421. The number of anilines is 1. The minimum Gasteiger partial charge on any atom is -0.342 e. The number of benzene rings is 2. The molecule has 4 rings (SSSR count). The van der Waals surface area contributed by atoms with Crippen molar-refractivity contribution in [2.45, 2.75) is 19.3 Å². The molecular formula is C19H17N3O2. The van der Waals surface area contributed by atoms with Crippen molar-refractivity contribution < 1.29 is 9.59 Å². The van der Waals surface area contributed by atoms with E-state index in [2.05, 4.69) is 9.97 Å². The van der Waals surface area contributed by atoms with E-state index in [0.29, 0.717) is 18.5 Å². The van der Waals surface area contributed by atoms with Crippen LogP contribution in [-0.2, 0) is 4.79 Å². The zero-order chi connectivity index (χ0) is 16.7. The number of ketones is 1. The summed E-state index contributed by atoms with van der Waals surface area (Å²) in [5.74, 6) is 0.930. The van der Waals surface area contributed by atoms with Crippen LogP contribution in [0, 0.1) is 0 Å². The number of amides is 1. The zero-order valence-corrected chi connectivity index (χ0v) is 13.3. The molecule has 1 aliphatic heterocycles. The van der Waals surface area contributed by atoms with E-state index in [9.17, 15) is 9.59 Å². The van der Waals surface area contributed by atoms with Crippen LogP contribution in [0.25, 0.3) is 11.0 Å². The number of aromatic nitrogens is 2. The predicted octanol–water partition coefficient (Wildman–Crippen LogP) is 3.29. The van der Waals surface area contributed by atoms with Gasteiger partial charge in [0.15, 0.2) is 5.78 Å². The Morgan fingerprint density at radius 3 is 2.83 bits per heavy atom. The Balaban J connectivity index is 1.63. The molecule has 0 saturated carbocycles. The Kier molecular flexibility index (Phi) is 3.41. The molecule has 24 heavy (non-hydrogen) atoms. The Morgan fingerprint density at radius 1 is 1.21 bits per heavy atom. The van der Waals surface area contributed by atoms with Gasteiger partial charge in [0.25, 0.3) is 0 Å². The van der Waals surface area contributed by atoms with E-state index in [-0.39, 0.29) is 17.6 Å². The van der Waals surface area contributed by atoms with Gasteiger partial charge in [-0.2, -0.15) is 0 Å². The lowest BCUT2D eigenvalue weighted by atomic mass is 10.1. The minimum absolute atomic E-state index is 0.00247. The van der Waals surface area contributed by atoms with E-state index in [1.54, 1.807) is 17.0 Å². The summed E-state index contributed by atoms with van der Waals surface area (Å²) in [6, 6.07) is 15.1. The fourth-order valence-electron chi connectivity index (χ4n) is 3.20. The van der Waals surface area contributed by atoms with Gasteiger partial charge in [0.05, 0.1) is 11.0 Å². The highest BCUT2D eigenvalue weighted by Gasteiger charge is 2.33. The van der Waals surface area contributed by atoms with Crippen LogP contribution < -0.4 is 4.90 Å². The molecule has 0 spiro atoms. The van der Waals surface area contributed by atoms with Crippen LogP contribution in [0.2, 0.25) is 0 Å². The molecule has 0 aliphatic carbocycles. The van der Waals surface area contributed by atoms with Gasteiger partial charge in [0, 0.05) is 30.1 Å². The first kappa shape index (κ1) is 14.6. The van der Waals surface area contributed by atoms with Crippen LogP contribution in [-0.4, -0.2) is 28.2 Å². The number of para-hydroxylation sites is 2. The molecule has 5 heteroatoms. The normalized spacial score (nSPS) is 17.6. The van der Waals surface area contributed by atoms with Crippen LogP contribution in [0.15, 0.2) is 48.5 Å². The van der Waals surface area contributed by atoms with Crippen molar-refractivity contribution in [3.8, 4) is 0 Å². The molecule has 1 fully saturated rings. The summed E-state index contributed by atoms with van der Waals surface area (Å²) in [5.41, 5.74) is 3.28. The largest absolute Gasteiger partial charge is 0.342 e. The summed E-state index contributed by atoms with van der Waals surface area (Å²) < 4.78 is 0. The van der Waals surface area contributed by atoms with Crippen molar-refractivity contribution in [2.75, 3.05) is 11.4 Å². The van der Waals surface area contributed by atoms with E-state index in [1.807, 2.05) is 36.4 Å². The zero-order valence-electron chi connectivity index (χ0n) is 13.3. The smallest absolute Gasteiger partial charge is 0.227 e. The molecule has 1 amide bonds. The first-order valence-electron chi connectivity index (χ1n) is 7.98. The number of nitrogens with zero attached hydrogens (tertiary/aromatic N) is 2. The molecule has 5 nitrogen and oxygen atoms in total. The molecule has 1 saturated heterocycles. The van der Waals surface area contributed by atoms with Crippen LogP contribution in [0.5, 0.6) is 0 Å². The monoisotopic (exact) mass is 319 g/mol. The van der Waals surface area contributed by atoms with E-state index in [4.69, 9.17) is 0 Å². The fraction of sp³-hybridized carbons (Fsp3) is 0.211. The van der Waals surface area contributed by atoms with Gasteiger partial charge >= 0.3 is 0 Å². The van der Waals surface area contributed by atoms with Gasteiger partial charge in [0.1, 0.15) is 5.82 Å². The quantitative estimate of drug-likeness (QED) is 0.753. The van der Waals surface area contributed by atoms with Crippen LogP contribution >= 0.6 is 0 Å². The van der Waals surface area contributed by atoms with E-state index < -0.39 is 0 Å². The highest BCUT2D eigenvalue weighted by molar-refractivity contribution is 5.99. The number of nitrogens with one attached hydrogen (secondary N) is 1. The Hall–Kier alpha value is -2.95. The molecule has 1 N–H and O–H groups in total. The molecule has 0 bridgehead atoms. The summed E-state index contributed by atoms with van der Waals surface area (Å²) in [6.45, 7) is 2.10. The number of carbonyl (C=O) groups excluding carboxylic acids is 2. The summed E-state index contributed by atoms with van der Waals surface area (Å²) >= 11 is 0. The summed E-state index contributed by atoms with van der Waals surface area (Å²) in [5, 5.41) is 0. The lowest BCUT2D eigenvalue weighted by Crippen LogP contribution is -2.24. The van der Waals surface area contributed by atoms with Gasteiger partial charge in [-0.3, -0.25) is 9.59 Å². The van der Waals surface area contributed by atoms with E-state index in [1.165, 1.54) is 6.92 Å². The maximum absolute atomic E-state index is 12.5. The van der Waals surface area contributed by atoms with Gasteiger partial charge in [-0.25, -0.2) is 4.98 Å². The summed E-state index contributed by atoms with van der Waals surface area (Å²) in [7, 11) is 0. The molecule has 3 aromatic rings. The molecule has 2 aromatic carbocycles. The maximum Gasteiger partial charge on any atom is 0.227 e. The standard InChI is InChI=1S/C19H17N3O2/c1-12(23)13-5-4-6-15(9-13)22-11-14(10-18(22)24)19-20-16-7-2-3-8-17(16)21-19/h2-9,14H,10-11H2,1H3,(H,20,21). The van der Waals surface area contributed by atoms with Gasteiger partial charge in [-0.05, 0) is 31.2 Å². The van der Waals surface area contributed by atoms with E-state index in [0.717, 1.165) is 22.5 Å². The van der Waals surface area contributed by atoms with E-state index >= 15 is 0 Å². The van der Waals surface area contributed by atoms with Gasteiger partial charge in [-0.15, -0.1) is 0 Å². The highest BCUT2D eigenvalue weighted by atomic mass is 16.2. The molecule has 1 aliphatic rings. The first-order chi connectivity index (χ1) is 11.6. The molecular weight excluding hydrogens is 302 g/mol. The highest BCUT2D eigenvalue weighted by Crippen LogP contribution is 2.31. The third kappa shape index (κ3) is 2.48. The molecule has 1 atom stereocenters. The average molecular weight is 319 g/mol. The number of fused-ring (bicyclic) bond motifs is 1. The third-order valence-electron chi connectivity index (χ3n) is 4.48. The molecule has 120 valence electrons. The number of H-pyrrole nitrogens is 1. The average Bonchev–Trinajstić information content (AvgIpc) is 3.18. The first-order valence-corrected chi connectivity index (χ1v) is 7.98. The summed E-state index contributed by atoms with van der Waals surface area (Å²) in [4.78, 5) is 33.7. The van der Waals surface area contributed by atoms with Crippen molar-refractivity contribution >= 4 is 28.4 Å². The Bertz CT molecular complexity index is 911. The van der Waals surface area contributed by atoms with Crippen molar-refractivity contribution in [3.05, 3.63) is 59.9 Å². The lowest BCUT2D eigenvalue weighted by molar-refractivity contribution is -0.117. The predicted molar refractivity (Wildman–Crippen MR) is 92.3 cm³/mol. The van der Waals surface area contributed by atoms with Crippen LogP contribution in [0.4, 0.5) is 5.69 Å². The number of hydrogen-bond donors (Lipinski definition) is 1. The number of Topliss-reactive ketones (excluding diaryl/α,β-unsaturated/α-hetero) is 1. The molecule has 2 heterocycles. The fourth-order valence-corrected chi connectivity index (χ4v) is 3.20. The second-order valence-corrected chi connectivity index (χ2v) is 6.15. The number of rotatable bonds is 3. The topological polar surface area (TPSA) is 66.1 Å². The number of carbonyl (C=O) groups is 2. The van der Waals surface area contributed by atoms with Crippen molar-refractivity contribution in [1.82, 2.24) is 9.97 Å². The van der Waals surface area contributed by atoms with Crippen molar-refractivity contribution in [3.63, 3.8) is 0 Å².